The van der Waals surface area contributed by atoms with Gasteiger partial charge in [0, 0.05) is 32.3 Å². The third-order valence-electron chi connectivity index (χ3n) is 5.44. The molecule has 1 atom stereocenters. The Morgan fingerprint density at radius 1 is 1.15 bits per heavy atom. The molecule has 34 heavy (non-hydrogen) atoms. The fourth-order valence-electron chi connectivity index (χ4n) is 4.00. The minimum atomic E-state index is -1.11. The monoisotopic (exact) mass is 470 g/mol. The maximum Gasteiger partial charge on any atom is 0.419 e. The molecule has 3 rings (SSSR count). The van der Waals surface area contributed by atoms with Gasteiger partial charge in [0.05, 0.1) is 5.69 Å². The zero-order valence-corrected chi connectivity index (χ0v) is 20.5. The highest BCUT2D eigenvalue weighted by Crippen LogP contribution is 2.20. The molecule has 1 fully saturated rings. The van der Waals surface area contributed by atoms with E-state index in [1.807, 2.05) is 12.1 Å². The van der Waals surface area contributed by atoms with Crippen molar-refractivity contribution in [2.45, 2.75) is 65.6 Å². The third-order valence-corrected chi connectivity index (χ3v) is 5.44. The Balaban J connectivity index is 1.67. The fraction of sp³-hybridized carbons (Fsp3) is 0.520. The van der Waals surface area contributed by atoms with Crippen LogP contribution in [-0.2, 0) is 28.9 Å². The van der Waals surface area contributed by atoms with Crippen LogP contribution in [0.5, 0.6) is 0 Å². The number of urea groups is 1. The van der Waals surface area contributed by atoms with Crippen LogP contribution >= 0.6 is 0 Å². The van der Waals surface area contributed by atoms with E-state index in [0.717, 1.165) is 12.0 Å². The van der Waals surface area contributed by atoms with Crippen LogP contribution in [0.2, 0.25) is 0 Å². The van der Waals surface area contributed by atoms with Gasteiger partial charge in [-0.15, -0.1) is 0 Å². The largest absolute Gasteiger partial charge is 0.480 e. The molecule has 1 aromatic heterocycles. The average Bonchev–Trinajstić information content (AvgIpc) is 3.32. The average molecular weight is 471 g/mol. The zero-order chi connectivity index (χ0) is 25.0. The number of carboxylic acids is 1. The summed E-state index contributed by atoms with van der Waals surface area (Å²) in [6.45, 7) is 10.8. The maximum atomic E-state index is 13.1. The number of aromatic nitrogens is 2. The van der Waals surface area contributed by atoms with E-state index < -0.39 is 23.7 Å². The SMILES string of the molecule is CC(C)Cc1cccc(CN2CCN(C(Cc3cn(C(=O)OC(C)(C)C)cn3)C(=O)O)C2=O)c1. The van der Waals surface area contributed by atoms with Gasteiger partial charge in [0.25, 0.3) is 0 Å². The van der Waals surface area contributed by atoms with E-state index in [2.05, 4.69) is 31.0 Å². The minimum Gasteiger partial charge on any atom is -0.480 e. The van der Waals surface area contributed by atoms with Crippen LogP contribution < -0.4 is 0 Å². The van der Waals surface area contributed by atoms with Gasteiger partial charge < -0.3 is 19.6 Å². The molecule has 1 unspecified atom stereocenters. The number of hydrogen-bond acceptors (Lipinski definition) is 5. The lowest BCUT2D eigenvalue weighted by molar-refractivity contribution is -0.142. The number of imidazole rings is 1. The molecule has 1 aliphatic heterocycles. The van der Waals surface area contributed by atoms with Crippen molar-refractivity contribution in [2.75, 3.05) is 13.1 Å². The first-order chi connectivity index (χ1) is 15.9. The number of rotatable bonds is 8. The Morgan fingerprint density at radius 3 is 2.50 bits per heavy atom. The molecule has 0 spiro atoms. The summed E-state index contributed by atoms with van der Waals surface area (Å²) < 4.78 is 6.49. The molecular weight excluding hydrogens is 436 g/mol. The summed E-state index contributed by atoms with van der Waals surface area (Å²) in [6, 6.07) is 6.77. The van der Waals surface area contributed by atoms with E-state index in [0.29, 0.717) is 31.2 Å². The van der Waals surface area contributed by atoms with Crippen molar-refractivity contribution in [1.82, 2.24) is 19.4 Å². The van der Waals surface area contributed by atoms with Crippen molar-refractivity contribution in [1.29, 1.82) is 0 Å². The van der Waals surface area contributed by atoms with Gasteiger partial charge in [-0.25, -0.2) is 23.9 Å². The molecule has 0 saturated carbocycles. The normalized spacial score (nSPS) is 15.2. The number of aliphatic carboxylic acids is 1. The summed E-state index contributed by atoms with van der Waals surface area (Å²) in [5.41, 5.74) is 1.98. The lowest BCUT2D eigenvalue weighted by Crippen LogP contribution is -2.45. The third kappa shape index (κ3) is 6.59. The molecule has 2 heterocycles. The molecule has 0 aliphatic carbocycles. The van der Waals surface area contributed by atoms with Gasteiger partial charge in [0.15, 0.2) is 0 Å². The highest BCUT2D eigenvalue weighted by molar-refractivity contribution is 5.84. The van der Waals surface area contributed by atoms with Crippen molar-refractivity contribution in [3.05, 3.63) is 53.6 Å². The maximum absolute atomic E-state index is 13.1. The lowest BCUT2D eigenvalue weighted by atomic mass is 10.0. The van der Waals surface area contributed by atoms with E-state index in [-0.39, 0.29) is 12.5 Å². The predicted molar refractivity (Wildman–Crippen MR) is 126 cm³/mol. The van der Waals surface area contributed by atoms with Crippen LogP contribution in [-0.4, -0.2) is 67.3 Å². The molecule has 1 saturated heterocycles. The first-order valence-electron chi connectivity index (χ1n) is 11.6. The Bertz CT molecular complexity index is 1040. The van der Waals surface area contributed by atoms with Gasteiger partial charge in [-0.05, 0) is 44.2 Å². The van der Waals surface area contributed by atoms with Crippen LogP contribution in [0.1, 0.15) is 51.4 Å². The van der Waals surface area contributed by atoms with Crippen molar-refractivity contribution in [3.8, 4) is 0 Å². The summed E-state index contributed by atoms with van der Waals surface area (Å²) in [5.74, 6) is -0.574. The second-order valence-electron chi connectivity index (χ2n) is 10.1. The number of benzene rings is 1. The zero-order valence-electron chi connectivity index (χ0n) is 20.5. The number of carbonyl (C=O) groups is 3. The minimum absolute atomic E-state index is 0.00537. The number of hydrogen-bond donors (Lipinski definition) is 1. The molecule has 2 aromatic rings. The number of carboxylic acid groups (broad SMARTS) is 1. The van der Waals surface area contributed by atoms with E-state index in [9.17, 15) is 19.5 Å². The molecule has 2 amide bonds. The standard InChI is InChI=1S/C25H34N4O5/c1-17(2)11-18-7-6-8-19(12-18)14-27-9-10-29(23(27)32)21(22(30)31)13-20-15-28(16-26-20)24(33)34-25(3,4)5/h6-8,12,15-17,21H,9-11,13-14H2,1-5H3,(H,30,31). The van der Waals surface area contributed by atoms with Crippen LogP contribution in [0.4, 0.5) is 9.59 Å². The second kappa shape index (κ2) is 10.3. The predicted octanol–water partition coefficient (Wildman–Crippen LogP) is 3.80. The lowest BCUT2D eigenvalue weighted by Gasteiger charge is -2.24. The summed E-state index contributed by atoms with van der Waals surface area (Å²) in [7, 11) is 0. The summed E-state index contributed by atoms with van der Waals surface area (Å²) >= 11 is 0. The molecule has 9 nitrogen and oxygen atoms in total. The van der Waals surface area contributed by atoms with Crippen LogP contribution in [0, 0.1) is 5.92 Å². The van der Waals surface area contributed by atoms with Gasteiger partial charge in [-0.3, -0.25) is 0 Å². The topological polar surface area (TPSA) is 105 Å². The number of ether oxygens (including phenoxy) is 1. The van der Waals surface area contributed by atoms with E-state index in [4.69, 9.17) is 4.74 Å². The van der Waals surface area contributed by atoms with Gasteiger partial charge in [0.1, 0.15) is 18.0 Å². The molecule has 1 aromatic carbocycles. The van der Waals surface area contributed by atoms with Crippen molar-refractivity contribution in [3.63, 3.8) is 0 Å². The van der Waals surface area contributed by atoms with E-state index in [1.54, 1.807) is 25.7 Å². The number of carbonyl (C=O) groups excluding carboxylic acids is 2. The molecule has 1 aliphatic rings. The Kier molecular flexibility index (Phi) is 7.64. The Hall–Kier alpha value is -3.36. The first-order valence-corrected chi connectivity index (χ1v) is 11.6. The molecule has 0 radical (unpaired) electrons. The fourth-order valence-corrected chi connectivity index (χ4v) is 4.00. The molecule has 1 N–H and O–H groups in total. The molecule has 184 valence electrons. The quantitative estimate of drug-likeness (QED) is 0.629. The van der Waals surface area contributed by atoms with Gasteiger partial charge >= 0.3 is 18.1 Å². The highest BCUT2D eigenvalue weighted by Gasteiger charge is 2.37. The molecular formula is C25H34N4O5. The van der Waals surface area contributed by atoms with Gasteiger partial charge in [0.2, 0.25) is 0 Å². The number of amides is 2. The van der Waals surface area contributed by atoms with Crippen LogP contribution in [0.25, 0.3) is 0 Å². The Morgan fingerprint density at radius 2 is 1.85 bits per heavy atom. The van der Waals surface area contributed by atoms with Crippen molar-refractivity contribution < 1.29 is 24.2 Å². The summed E-state index contributed by atoms with van der Waals surface area (Å²) in [6.07, 6.45) is 3.10. The summed E-state index contributed by atoms with van der Waals surface area (Å²) in [4.78, 5) is 44.5. The van der Waals surface area contributed by atoms with Gasteiger partial charge in [-0.2, -0.15) is 0 Å². The smallest absolute Gasteiger partial charge is 0.419 e. The highest BCUT2D eigenvalue weighted by atomic mass is 16.6. The van der Waals surface area contributed by atoms with E-state index in [1.165, 1.54) is 27.6 Å². The number of nitrogens with zero attached hydrogens (tertiary/aromatic N) is 4. The molecule has 9 heteroatoms. The summed E-state index contributed by atoms with van der Waals surface area (Å²) in [5, 5.41) is 9.84. The van der Waals surface area contributed by atoms with E-state index >= 15 is 0 Å². The molecule has 0 bridgehead atoms. The second-order valence-corrected chi connectivity index (χ2v) is 10.1. The Labute approximate surface area is 200 Å². The van der Waals surface area contributed by atoms with Crippen molar-refractivity contribution >= 4 is 18.1 Å². The first kappa shape index (κ1) is 25.3. The van der Waals surface area contributed by atoms with Crippen LogP contribution in [0.15, 0.2) is 36.8 Å². The van der Waals surface area contributed by atoms with Crippen LogP contribution in [0.3, 0.4) is 0 Å². The van der Waals surface area contributed by atoms with Crippen molar-refractivity contribution in [2.24, 2.45) is 5.92 Å². The van der Waals surface area contributed by atoms with Gasteiger partial charge in [-0.1, -0.05) is 38.1 Å².